The third kappa shape index (κ3) is 10.2. The number of carbonyl (C=O) groups excluding carboxylic acids is 4. The van der Waals surface area contributed by atoms with Gasteiger partial charge in [0.1, 0.15) is 5.60 Å². The van der Waals surface area contributed by atoms with Crippen LogP contribution in [0.2, 0.25) is 0 Å². The van der Waals surface area contributed by atoms with Crippen molar-refractivity contribution in [1.82, 2.24) is 21.5 Å². The number of piperidine rings is 1. The normalized spacial score (nSPS) is 15.4. The molecule has 1 aliphatic rings. The van der Waals surface area contributed by atoms with Crippen LogP contribution >= 0.6 is 0 Å². The van der Waals surface area contributed by atoms with Crippen LogP contribution in [0.15, 0.2) is 24.3 Å². The molecular weight excluding hydrogens is 468 g/mol. The van der Waals surface area contributed by atoms with Gasteiger partial charge in [0, 0.05) is 12.1 Å². The van der Waals surface area contributed by atoms with Crippen LogP contribution in [-0.2, 0) is 25.5 Å². The smallest absolute Gasteiger partial charge is 0.433 e. The first-order valence-corrected chi connectivity index (χ1v) is 12.0. The van der Waals surface area contributed by atoms with Crippen molar-refractivity contribution in [3.63, 3.8) is 0 Å². The fourth-order valence-corrected chi connectivity index (χ4v) is 3.35. The number of esters is 1. The summed E-state index contributed by atoms with van der Waals surface area (Å²) in [7, 11) is 0. The molecule has 0 radical (unpaired) electrons. The van der Waals surface area contributed by atoms with Gasteiger partial charge in [-0.3, -0.25) is 10.2 Å². The molecule has 11 heteroatoms. The third-order valence-corrected chi connectivity index (χ3v) is 5.14. The van der Waals surface area contributed by atoms with Crippen LogP contribution in [0.3, 0.4) is 0 Å². The van der Waals surface area contributed by atoms with Gasteiger partial charge in [0.05, 0.1) is 6.10 Å². The van der Waals surface area contributed by atoms with E-state index in [1.807, 2.05) is 20.8 Å². The van der Waals surface area contributed by atoms with E-state index in [-0.39, 0.29) is 18.2 Å². The number of hydrogen-bond donors (Lipinski definition) is 4. The highest BCUT2D eigenvalue weighted by molar-refractivity contribution is 5.95. The van der Waals surface area contributed by atoms with Gasteiger partial charge in [-0.05, 0) is 69.8 Å². The standard InChI is InChI=1S/C25H38N4O7/c1-24(2,3)19(34-18-11-13-26-14-12-18)21(31)35-23(33)29-28-20(30)17-9-7-16(8-10-17)15-27-22(32)36-25(4,5)6/h7-10,18-19,26H,11-15H2,1-6H3,(H,27,32)(H,28,30)(H,29,33). The number of rotatable bonds is 6. The van der Waals surface area contributed by atoms with Crippen LogP contribution in [0.5, 0.6) is 0 Å². The minimum Gasteiger partial charge on any atom is -0.444 e. The van der Waals surface area contributed by atoms with E-state index in [2.05, 4.69) is 21.5 Å². The number of amides is 3. The Kier molecular flexibility index (Phi) is 10.2. The number of carbonyl (C=O) groups is 4. The van der Waals surface area contributed by atoms with Gasteiger partial charge >= 0.3 is 18.2 Å². The van der Waals surface area contributed by atoms with E-state index >= 15 is 0 Å². The van der Waals surface area contributed by atoms with Gasteiger partial charge in [0.2, 0.25) is 0 Å². The first-order chi connectivity index (χ1) is 16.7. The lowest BCUT2D eigenvalue weighted by molar-refractivity contribution is -0.165. The molecule has 0 bridgehead atoms. The second-order valence-corrected chi connectivity index (χ2v) is 10.7. The second-order valence-electron chi connectivity index (χ2n) is 10.7. The highest BCUT2D eigenvalue weighted by Gasteiger charge is 2.37. The number of hydrogen-bond acceptors (Lipinski definition) is 8. The summed E-state index contributed by atoms with van der Waals surface area (Å²) < 4.78 is 16.0. The van der Waals surface area contributed by atoms with E-state index in [1.54, 1.807) is 32.9 Å². The lowest BCUT2D eigenvalue weighted by Crippen LogP contribution is -2.47. The second kappa shape index (κ2) is 12.7. The predicted molar refractivity (Wildman–Crippen MR) is 132 cm³/mol. The monoisotopic (exact) mass is 506 g/mol. The van der Waals surface area contributed by atoms with E-state index in [9.17, 15) is 19.2 Å². The number of alkyl carbamates (subject to hydrolysis) is 1. The summed E-state index contributed by atoms with van der Waals surface area (Å²) in [6.07, 6.45) is -1.18. The molecule has 1 atom stereocenters. The van der Waals surface area contributed by atoms with Crippen molar-refractivity contribution in [1.29, 1.82) is 0 Å². The van der Waals surface area contributed by atoms with Crippen LogP contribution in [-0.4, -0.2) is 55.0 Å². The molecule has 1 fully saturated rings. The van der Waals surface area contributed by atoms with E-state index in [4.69, 9.17) is 14.2 Å². The van der Waals surface area contributed by atoms with E-state index < -0.39 is 41.2 Å². The lowest BCUT2D eigenvalue weighted by atomic mass is 9.88. The summed E-state index contributed by atoms with van der Waals surface area (Å²) in [5, 5.41) is 5.85. The van der Waals surface area contributed by atoms with Gasteiger partial charge in [-0.1, -0.05) is 32.9 Å². The predicted octanol–water partition coefficient (Wildman–Crippen LogP) is 2.79. The van der Waals surface area contributed by atoms with Crippen molar-refractivity contribution in [3.05, 3.63) is 35.4 Å². The molecule has 0 aromatic heterocycles. The maximum atomic E-state index is 12.6. The summed E-state index contributed by atoms with van der Waals surface area (Å²) in [6.45, 7) is 12.6. The Bertz CT molecular complexity index is 914. The minimum absolute atomic E-state index is 0.104. The molecule has 0 spiro atoms. The van der Waals surface area contributed by atoms with Gasteiger partial charge < -0.3 is 24.8 Å². The van der Waals surface area contributed by atoms with Crippen molar-refractivity contribution in [2.45, 2.75) is 78.7 Å². The van der Waals surface area contributed by atoms with Crippen molar-refractivity contribution in [2.75, 3.05) is 13.1 Å². The van der Waals surface area contributed by atoms with Crippen LogP contribution in [0, 0.1) is 5.41 Å². The topological polar surface area (TPSA) is 144 Å². The Morgan fingerprint density at radius 2 is 1.56 bits per heavy atom. The molecule has 36 heavy (non-hydrogen) atoms. The largest absolute Gasteiger partial charge is 0.444 e. The number of nitrogens with one attached hydrogen (secondary N) is 4. The van der Waals surface area contributed by atoms with Crippen LogP contribution in [0.4, 0.5) is 9.59 Å². The van der Waals surface area contributed by atoms with Crippen LogP contribution in [0.25, 0.3) is 0 Å². The van der Waals surface area contributed by atoms with Crippen molar-refractivity contribution >= 4 is 24.1 Å². The molecule has 0 saturated carbocycles. The Morgan fingerprint density at radius 1 is 0.944 bits per heavy atom. The van der Waals surface area contributed by atoms with Gasteiger partial charge in [0.15, 0.2) is 6.10 Å². The molecule has 3 amide bonds. The first-order valence-electron chi connectivity index (χ1n) is 12.0. The van der Waals surface area contributed by atoms with Crippen molar-refractivity contribution < 1.29 is 33.4 Å². The third-order valence-electron chi connectivity index (χ3n) is 5.14. The van der Waals surface area contributed by atoms with Gasteiger partial charge in [-0.25, -0.2) is 19.8 Å². The average molecular weight is 507 g/mol. The molecule has 200 valence electrons. The number of hydrazine groups is 1. The minimum atomic E-state index is -1.12. The molecule has 11 nitrogen and oxygen atoms in total. The van der Waals surface area contributed by atoms with E-state index in [0.29, 0.717) is 0 Å². The van der Waals surface area contributed by atoms with E-state index in [1.165, 1.54) is 12.1 Å². The zero-order chi connectivity index (χ0) is 26.9. The molecule has 1 aliphatic heterocycles. The Hall–Kier alpha value is -3.18. The molecule has 1 unspecified atom stereocenters. The van der Waals surface area contributed by atoms with Gasteiger partial charge in [-0.15, -0.1) is 0 Å². The molecule has 4 N–H and O–H groups in total. The molecule has 1 saturated heterocycles. The van der Waals surface area contributed by atoms with E-state index in [0.717, 1.165) is 31.5 Å². The Morgan fingerprint density at radius 3 is 2.11 bits per heavy atom. The molecule has 1 aromatic rings. The van der Waals surface area contributed by atoms with Gasteiger partial charge in [0.25, 0.3) is 5.91 Å². The SMILES string of the molecule is CC(C)(C)OC(=O)NCc1ccc(C(=O)NNC(=O)OC(=O)C(OC2CCNCC2)C(C)(C)C)cc1. The highest BCUT2D eigenvalue weighted by atomic mass is 16.6. The maximum absolute atomic E-state index is 12.6. The molecule has 0 aliphatic carbocycles. The van der Waals surface area contributed by atoms with Crippen LogP contribution < -0.4 is 21.5 Å². The maximum Gasteiger partial charge on any atom is 0.433 e. The van der Waals surface area contributed by atoms with Crippen LogP contribution in [0.1, 0.15) is 70.3 Å². The average Bonchev–Trinajstić information content (AvgIpc) is 2.78. The Labute approximate surface area is 212 Å². The van der Waals surface area contributed by atoms with Crippen molar-refractivity contribution in [2.24, 2.45) is 5.41 Å². The molecule has 1 aromatic carbocycles. The number of benzene rings is 1. The zero-order valence-electron chi connectivity index (χ0n) is 21.9. The summed E-state index contributed by atoms with van der Waals surface area (Å²) >= 11 is 0. The quantitative estimate of drug-likeness (QED) is 0.262. The fraction of sp³-hybridized carbons (Fsp3) is 0.600. The highest BCUT2D eigenvalue weighted by Crippen LogP contribution is 2.26. The zero-order valence-corrected chi connectivity index (χ0v) is 21.9. The lowest BCUT2D eigenvalue weighted by Gasteiger charge is -2.33. The van der Waals surface area contributed by atoms with Crippen molar-refractivity contribution in [3.8, 4) is 0 Å². The molecular formula is C25H38N4O7. The summed E-state index contributed by atoms with van der Waals surface area (Å²) in [5.41, 5.74) is 4.09. The fourth-order valence-electron chi connectivity index (χ4n) is 3.35. The Balaban J connectivity index is 1.82. The summed E-state index contributed by atoms with van der Waals surface area (Å²) in [6, 6.07) is 6.37. The molecule has 2 rings (SSSR count). The summed E-state index contributed by atoms with van der Waals surface area (Å²) in [5.74, 6) is -1.43. The first kappa shape index (κ1) is 29.1. The summed E-state index contributed by atoms with van der Waals surface area (Å²) in [4.78, 5) is 48.8. The number of ether oxygens (including phenoxy) is 3. The molecule has 1 heterocycles. The van der Waals surface area contributed by atoms with Gasteiger partial charge in [-0.2, -0.15) is 0 Å².